The third-order valence-corrected chi connectivity index (χ3v) is 5.90. The third kappa shape index (κ3) is 3.38. The molecule has 2 aromatic rings. The summed E-state index contributed by atoms with van der Waals surface area (Å²) in [5.41, 5.74) is 5.05. The molecule has 0 bridgehead atoms. The van der Waals surface area contributed by atoms with E-state index in [9.17, 15) is 9.59 Å². The first-order valence-electron chi connectivity index (χ1n) is 9.84. The molecule has 1 atom stereocenters. The molecule has 2 heterocycles. The highest BCUT2D eigenvalue weighted by Crippen LogP contribution is 2.35. The summed E-state index contributed by atoms with van der Waals surface area (Å²) in [6.45, 7) is 5.28. The minimum atomic E-state index is -0.426. The Morgan fingerprint density at radius 2 is 1.66 bits per heavy atom. The first kappa shape index (κ1) is 19.5. The zero-order valence-electron chi connectivity index (χ0n) is 17.3. The van der Waals surface area contributed by atoms with Crippen molar-refractivity contribution in [2.45, 2.75) is 39.3 Å². The van der Waals surface area contributed by atoms with Gasteiger partial charge >= 0.3 is 0 Å². The molecule has 1 unspecified atom stereocenters. The van der Waals surface area contributed by atoms with E-state index in [1.807, 2.05) is 44.2 Å². The lowest BCUT2D eigenvalue weighted by atomic mass is 9.97. The van der Waals surface area contributed by atoms with Gasteiger partial charge in [-0.3, -0.25) is 14.5 Å². The molecule has 4 rings (SSSR count). The predicted octanol–water partition coefficient (Wildman–Crippen LogP) is 3.01. The van der Waals surface area contributed by atoms with E-state index in [0.29, 0.717) is 23.7 Å². The van der Waals surface area contributed by atoms with Crippen molar-refractivity contribution in [1.82, 2.24) is 4.90 Å². The predicted molar refractivity (Wildman–Crippen MR) is 110 cm³/mol. The van der Waals surface area contributed by atoms with Crippen LogP contribution in [0.15, 0.2) is 30.3 Å². The van der Waals surface area contributed by atoms with Crippen molar-refractivity contribution < 1.29 is 19.1 Å². The van der Waals surface area contributed by atoms with Crippen molar-refractivity contribution in [3.05, 3.63) is 52.6 Å². The molecular weight excluding hydrogens is 368 g/mol. The number of hydrogen-bond donors (Lipinski definition) is 0. The van der Waals surface area contributed by atoms with Crippen LogP contribution >= 0.6 is 0 Å². The molecule has 0 spiro atoms. The van der Waals surface area contributed by atoms with Gasteiger partial charge in [-0.1, -0.05) is 17.7 Å². The number of carbonyl (C=O) groups excluding carboxylic acids is 2. The van der Waals surface area contributed by atoms with E-state index in [-0.39, 0.29) is 18.2 Å². The number of amides is 2. The molecule has 0 aromatic heterocycles. The van der Waals surface area contributed by atoms with E-state index >= 15 is 0 Å². The maximum atomic E-state index is 13.2. The monoisotopic (exact) mass is 394 g/mol. The van der Waals surface area contributed by atoms with Crippen LogP contribution in [-0.2, 0) is 22.6 Å². The summed E-state index contributed by atoms with van der Waals surface area (Å²) in [5, 5.41) is 0. The second-order valence-corrected chi connectivity index (χ2v) is 7.77. The molecule has 6 heteroatoms. The van der Waals surface area contributed by atoms with E-state index in [4.69, 9.17) is 9.47 Å². The number of anilines is 1. The summed E-state index contributed by atoms with van der Waals surface area (Å²) in [4.78, 5) is 29.4. The van der Waals surface area contributed by atoms with Gasteiger partial charge in [-0.2, -0.15) is 0 Å². The Morgan fingerprint density at radius 1 is 0.966 bits per heavy atom. The van der Waals surface area contributed by atoms with E-state index < -0.39 is 6.04 Å². The molecular formula is C23H26N2O4. The molecule has 0 aliphatic carbocycles. The van der Waals surface area contributed by atoms with E-state index in [0.717, 1.165) is 29.7 Å². The molecule has 0 radical (unpaired) electrons. The van der Waals surface area contributed by atoms with Crippen LogP contribution in [0.25, 0.3) is 0 Å². The summed E-state index contributed by atoms with van der Waals surface area (Å²) in [6, 6.07) is 9.36. The minimum Gasteiger partial charge on any atom is -0.493 e. The summed E-state index contributed by atoms with van der Waals surface area (Å²) in [5.74, 6) is 1.13. The highest BCUT2D eigenvalue weighted by Gasteiger charge is 2.43. The number of benzene rings is 2. The highest BCUT2D eigenvalue weighted by atomic mass is 16.5. The number of imide groups is 1. The Morgan fingerprint density at radius 3 is 2.31 bits per heavy atom. The standard InChI is InChI=1S/C23H26N2O4/c1-14-5-6-18(15(2)9-14)25-22(26)12-19(23(25)27)24-8-7-16-10-20(28-3)21(29-4)11-17(16)13-24/h5-6,9-11,19H,7-8,12-13H2,1-4H3. The third-order valence-electron chi connectivity index (χ3n) is 5.90. The quantitative estimate of drug-likeness (QED) is 0.746. The van der Waals surface area contributed by atoms with Crippen molar-refractivity contribution >= 4 is 17.5 Å². The van der Waals surface area contributed by atoms with E-state index in [2.05, 4.69) is 4.90 Å². The first-order chi connectivity index (χ1) is 13.9. The number of nitrogens with zero attached hydrogens (tertiary/aromatic N) is 2. The van der Waals surface area contributed by atoms with Gasteiger partial charge in [-0.05, 0) is 55.2 Å². The zero-order chi connectivity index (χ0) is 20.7. The SMILES string of the molecule is COc1cc2c(cc1OC)CN(C1CC(=O)N(c3ccc(C)cc3C)C1=O)CC2. The topological polar surface area (TPSA) is 59.1 Å². The minimum absolute atomic E-state index is 0.133. The Hall–Kier alpha value is -2.86. The Balaban J connectivity index is 1.59. The normalized spacial score (nSPS) is 19.4. The fourth-order valence-corrected chi connectivity index (χ4v) is 4.38. The second kappa shape index (κ2) is 7.52. The van der Waals surface area contributed by atoms with Crippen LogP contribution in [0.3, 0.4) is 0 Å². The van der Waals surface area contributed by atoms with Gasteiger partial charge in [0, 0.05) is 13.1 Å². The maximum Gasteiger partial charge on any atom is 0.251 e. The molecule has 29 heavy (non-hydrogen) atoms. The van der Waals surface area contributed by atoms with Crippen LogP contribution < -0.4 is 14.4 Å². The molecule has 1 fully saturated rings. The number of ether oxygens (including phenoxy) is 2. The van der Waals surface area contributed by atoms with Crippen LogP contribution in [0.5, 0.6) is 11.5 Å². The maximum absolute atomic E-state index is 13.2. The number of hydrogen-bond acceptors (Lipinski definition) is 5. The number of rotatable bonds is 4. The van der Waals surface area contributed by atoms with Gasteiger partial charge in [0.25, 0.3) is 5.91 Å². The van der Waals surface area contributed by atoms with Gasteiger partial charge < -0.3 is 9.47 Å². The number of methoxy groups -OCH3 is 2. The van der Waals surface area contributed by atoms with Crippen LogP contribution in [0.1, 0.15) is 28.7 Å². The largest absolute Gasteiger partial charge is 0.493 e. The lowest BCUT2D eigenvalue weighted by molar-refractivity contribution is -0.123. The molecule has 6 nitrogen and oxygen atoms in total. The summed E-state index contributed by atoms with van der Waals surface area (Å²) in [6.07, 6.45) is 1.02. The van der Waals surface area contributed by atoms with E-state index in [1.54, 1.807) is 14.2 Å². The lowest BCUT2D eigenvalue weighted by Crippen LogP contribution is -2.44. The number of aryl methyl sites for hydroxylation is 2. The fraction of sp³-hybridized carbons (Fsp3) is 0.391. The molecule has 2 aliphatic heterocycles. The fourth-order valence-electron chi connectivity index (χ4n) is 4.38. The molecule has 2 aliphatic rings. The Labute approximate surface area is 171 Å². The average Bonchev–Trinajstić information content (AvgIpc) is 3.00. The van der Waals surface area contributed by atoms with Gasteiger partial charge in [-0.15, -0.1) is 0 Å². The summed E-state index contributed by atoms with van der Waals surface area (Å²) >= 11 is 0. The molecule has 2 amide bonds. The van der Waals surface area contributed by atoms with Crippen LogP contribution in [0.4, 0.5) is 5.69 Å². The zero-order valence-corrected chi connectivity index (χ0v) is 17.3. The number of carbonyl (C=O) groups is 2. The van der Waals surface area contributed by atoms with Crippen molar-refractivity contribution in [3.63, 3.8) is 0 Å². The van der Waals surface area contributed by atoms with Gasteiger partial charge in [-0.25, -0.2) is 4.90 Å². The van der Waals surface area contributed by atoms with Crippen LogP contribution in [0, 0.1) is 13.8 Å². The molecule has 152 valence electrons. The molecule has 2 aromatic carbocycles. The first-order valence-corrected chi connectivity index (χ1v) is 9.84. The molecule has 0 saturated carbocycles. The van der Waals surface area contributed by atoms with Gasteiger partial charge in [0.05, 0.1) is 32.4 Å². The second-order valence-electron chi connectivity index (χ2n) is 7.77. The lowest BCUT2D eigenvalue weighted by Gasteiger charge is -2.32. The molecule has 1 saturated heterocycles. The van der Waals surface area contributed by atoms with Crippen LogP contribution in [0.2, 0.25) is 0 Å². The molecule has 0 N–H and O–H groups in total. The van der Waals surface area contributed by atoms with E-state index in [1.165, 1.54) is 10.5 Å². The summed E-state index contributed by atoms with van der Waals surface area (Å²) in [7, 11) is 3.25. The smallest absolute Gasteiger partial charge is 0.251 e. The van der Waals surface area contributed by atoms with Crippen molar-refractivity contribution in [1.29, 1.82) is 0 Å². The van der Waals surface area contributed by atoms with Gasteiger partial charge in [0.15, 0.2) is 11.5 Å². The summed E-state index contributed by atoms with van der Waals surface area (Å²) < 4.78 is 10.8. The van der Waals surface area contributed by atoms with Gasteiger partial charge in [0.2, 0.25) is 5.91 Å². The van der Waals surface area contributed by atoms with Crippen molar-refractivity contribution in [3.8, 4) is 11.5 Å². The van der Waals surface area contributed by atoms with Crippen LogP contribution in [-0.4, -0.2) is 43.5 Å². The van der Waals surface area contributed by atoms with Gasteiger partial charge in [0.1, 0.15) is 0 Å². The average molecular weight is 394 g/mol. The number of fused-ring (bicyclic) bond motifs is 1. The van der Waals surface area contributed by atoms with Crippen molar-refractivity contribution in [2.24, 2.45) is 0 Å². The Bertz CT molecular complexity index is 985. The van der Waals surface area contributed by atoms with Crippen molar-refractivity contribution in [2.75, 3.05) is 25.7 Å². The Kier molecular flexibility index (Phi) is 5.04. The highest BCUT2D eigenvalue weighted by molar-refractivity contribution is 6.22.